The van der Waals surface area contributed by atoms with Crippen LogP contribution in [0.15, 0.2) is 16.6 Å². The standard InChI is InChI=1S/C14H21BrN2O.ClH/c1-5-17(6-2)9-12-7-10(3)8-13(15)14(12)16-11(4)18;/h7-8H,5-6,9H2,1-4H3,(H,16,18);1H. The van der Waals surface area contributed by atoms with Crippen molar-refractivity contribution in [1.29, 1.82) is 0 Å². The van der Waals surface area contributed by atoms with Crippen molar-refractivity contribution in [3.05, 3.63) is 27.7 Å². The van der Waals surface area contributed by atoms with E-state index >= 15 is 0 Å². The lowest BCUT2D eigenvalue weighted by atomic mass is 10.1. The fraction of sp³-hybridized carbons (Fsp3) is 0.500. The molecule has 0 atom stereocenters. The SMILES string of the molecule is CCN(CC)Cc1cc(C)cc(Br)c1NC(C)=O.Cl. The Morgan fingerprint density at radius 3 is 2.37 bits per heavy atom. The summed E-state index contributed by atoms with van der Waals surface area (Å²) >= 11 is 3.53. The molecule has 1 N–H and O–H groups in total. The van der Waals surface area contributed by atoms with Crippen molar-refractivity contribution in [2.24, 2.45) is 0 Å². The second kappa shape index (κ2) is 8.56. The van der Waals surface area contributed by atoms with Crippen molar-refractivity contribution in [2.75, 3.05) is 18.4 Å². The molecule has 0 aliphatic heterocycles. The Kier molecular flexibility index (Phi) is 8.30. The number of amides is 1. The lowest BCUT2D eigenvalue weighted by Gasteiger charge is -2.21. The fourth-order valence-electron chi connectivity index (χ4n) is 1.94. The number of benzene rings is 1. The fourth-order valence-corrected chi connectivity index (χ4v) is 2.66. The van der Waals surface area contributed by atoms with Crippen LogP contribution in [0.1, 0.15) is 31.9 Å². The quantitative estimate of drug-likeness (QED) is 0.872. The van der Waals surface area contributed by atoms with Crippen LogP contribution in [0.2, 0.25) is 0 Å². The number of anilines is 1. The third kappa shape index (κ3) is 5.51. The number of nitrogens with one attached hydrogen (secondary N) is 1. The molecule has 0 aliphatic rings. The highest BCUT2D eigenvalue weighted by molar-refractivity contribution is 9.10. The largest absolute Gasteiger partial charge is 0.325 e. The van der Waals surface area contributed by atoms with Gasteiger partial charge in [-0.05, 0) is 53.1 Å². The molecule has 19 heavy (non-hydrogen) atoms. The molecule has 5 heteroatoms. The number of rotatable bonds is 5. The van der Waals surface area contributed by atoms with E-state index < -0.39 is 0 Å². The van der Waals surface area contributed by atoms with E-state index in [1.165, 1.54) is 12.5 Å². The highest BCUT2D eigenvalue weighted by Gasteiger charge is 2.11. The van der Waals surface area contributed by atoms with E-state index in [1.807, 2.05) is 6.07 Å². The molecule has 0 fully saturated rings. The van der Waals surface area contributed by atoms with Gasteiger partial charge in [0.15, 0.2) is 0 Å². The number of aryl methyl sites for hydroxylation is 1. The maximum absolute atomic E-state index is 11.3. The van der Waals surface area contributed by atoms with E-state index in [2.05, 4.69) is 53.0 Å². The van der Waals surface area contributed by atoms with Crippen molar-refractivity contribution in [1.82, 2.24) is 4.90 Å². The minimum atomic E-state index is -0.0413. The van der Waals surface area contributed by atoms with Gasteiger partial charge in [0.2, 0.25) is 5.91 Å². The van der Waals surface area contributed by atoms with Gasteiger partial charge < -0.3 is 5.32 Å². The first-order valence-corrected chi connectivity index (χ1v) is 7.06. The van der Waals surface area contributed by atoms with Crippen LogP contribution in [-0.2, 0) is 11.3 Å². The molecule has 1 rings (SSSR count). The van der Waals surface area contributed by atoms with E-state index in [1.54, 1.807) is 0 Å². The smallest absolute Gasteiger partial charge is 0.221 e. The molecule has 0 saturated heterocycles. The van der Waals surface area contributed by atoms with Gasteiger partial charge in [0, 0.05) is 17.9 Å². The van der Waals surface area contributed by atoms with Gasteiger partial charge in [0.1, 0.15) is 0 Å². The van der Waals surface area contributed by atoms with E-state index in [0.29, 0.717) is 0 Å². The second-order valence-electron chi connectivity index (χ2n) is 4.42. The molecule has 3 nitrogen and oxygen atoms in total. The zero-order chi connectivity index (χ0) is 13.7. The summed E-state index contributed by atoms with van der Waals surface area (Å²) < 4.78 is 0.944. The van der Waals surface area contributed by atoms with Gasteiger partial charge in [-0.3, -0.25) is 9.69 Å². The van der Waals surface area contributed by atoms with Gasteiger partial charge in [-0.1, -0.05) is 19.9 Å². The summed E-state index contributed by atoms with van der Waals surface area (Å²) in [7, 11) is 0. The van der Waals surface area contributed by atoms with Crippen LogP contribution in [0.4, 0.5) is 5.69 Å². The van der Waals surface area contributed by atoms with Gasteiger partial charge in [-0.15, -0.1) is 12.4 Å². The van der Waals surface area contributed by atoms with Crippen LogP contribution in [0, 0.1) is 6.92 Å². The highest BCUT2D eigenvalue weighted by atomic mass is 79.9. The Morgan fingerprint density at radius 1 is 1.32 bits per heavy atom. The molecule has 1 amide bonds. The van der Waals surface area contributed by atoms with E-state index in [0.717, 1.165) is 35.4 Å². The summed E-state index contributed by atoms with van der Waals surface area (Å²) in [5, 5.41) is 2.91. The number of halogens is 2. The van der Waals surface area contributed by atoms with Crippen LogP contribution in [-0.4, -0.2) is 23.9 Å². The predicted octanol–water partition coefficient (Wildman–Crippen LogP) is 3.98. The zero-order valence-corrected chi connectivity index (χ0v) is 14.3. The first kappa shape index (κ1) is 18.4. The van der Waals surface area contributed by atoms with Crippen molar-refractivity contribution in [2.45, 2.75) is 34.2 Å². The number of carbonyl (C=O) groups is 1. The number of nitrogens with zero attached hydrogens (tertiary/aromatic N) is 1. The molecular weight excluding hydrogens is 328 g/mol. The number of hydrogen-bond acceptors (Lipinski definition) is 2. The van der Waals surface area contributed by atoms with Gasteiger partial charge in [0.25, 0.3) is 0 Å². The predicted molar refractivity (Wildman–Crippen MR) is 87.1 cm³/mol. The maximum Gasteiger partial charge on any atom is 0.221 e. The van der Waals surface area contributed by atoms with Crippen molar-refractivity contribution in [3.63, 3.8) is 0 Å². The highest BCUT2D eigenvalue weighted by Crippen LogP contribution is 2.29. The third-order valence-corrected chi connectivity index (χ3v) is 3.53. The van der Waals surface area contributed by atoms with E-state index in [4.69, 9.17) is 0 Å². The molecule has 0 unspecified atom stereocenters. The average Bonchev–Trinajstić information content (AvgIpc) is 2.29. The Labute approximate surface area is 130 Å². The summed E-state index contributed by atoms with van der Waals surface area (Å²) in [5.74, 6) is -0.0413. The molecule has 0 spiro atoms. The summed E-state index contributed by atoms with van der Waals surface area (Å²) in [5.41, 5.74) is 3.24. The van der Waals surface area contributed by atoms with Crippen molar-refractivity contribution >= 4 is 39.9 Å². The minimum absolute atomic E-state index is 0. The Balaban J connectivity index is 0.00000324. The van der Waals surface area contributed by atoms with Crippen LogP contribution in [0.25, 0.3) is 0 Å². The normalized spacial score (nSPS) is 10.2. The van der Waals surface area contributed by atoms with E-state index in [-0.39, 0.29) is 18.3 Å². The summed E-state index contributed by atoms with van der Waals surface area (Å²) in [6.45, 7) is 10.7. The Hall–Kier alpha value is -0.580. The first-order valence-electron chi connectivity index (χ1n) is 6.26. The average molecular weight is 350 g/mol. The summed E-state index contributed by atoms with van der Waals surface area (Å²) in [6.07, 6.45) is 0. The Morgan fingerprint density at radius 2 is 1.89 bits per heavy atom. The van der Waals surface area contributed by atoms with Crippen molar-refractivity contribution in [3.8, 4) is 0 Å². The lowest BCUT2D eigenvalue weighted by Crippen LogP contribution is -2.23. The van der Waals surface area contributed by atoms with E-state index in [9.17, 15) is 4.79 Å². The molecule has 0 radical (unpaired) electrons. The second-order valence-corrected chi connectivity index (χ2v) is 5.28. The zero-order valence-electron chi connectivity index (χ0n) is 11.9. The van der Waals surface area contributed by atoms with Crippen LogP contribution in [0.5, 0.6) is 0 Å². The van der Waals surface area contributed by atoms with Crippen LogP contribution < -0.4 is 5.32 Å². The summed E-state index contributed by atoms with van der Waals surface area (Å²) in [6, 6.07) is 4.16. The maximum atomic E-state index is 11.3. The minimum Gasteiger partial charge on any atom is -0.325 e. The summed E-state index contributed by atoms with van der Waals surface area (Å²) in [4.78, 5) is 13.6. The molecule has 108 valence electrons. The topological polar surface area (TPSA) is 32.3 Å². The Bertz CT molecular complexity index is 434. The molecule has 0 aliphatic carbocycles. The lowest BCUT2D eigenvalue weighted by molar-refractivity contribution is -0.114. The van der Waals surface area contributed by atoms with Crippen molar-refractivity contribution < 1.29 is 4.79 Å². The van der Waals surface area contributed by atoms with Gasteiger partial charge >= 0.3 is 0 Å². The first-order chi connectivity index (χ1) is 8.47. The number of carbonyl (C=O) groups excluding carboxylic acids is 1. The third-order valence-electron chi connectivity index (χ3n) is 2.91. The van der Waals surface area contributed by atoms with Crippen LogP contribution in [0.3, 0.4) is 0 Å². The monoisotopic (exact) mass is 348 g/mol. The van der Waals surface area contributed by atoms with Crippen LogP contribution >= 0.6 is 28.3 Å². The van der Waals surface area contributed by atoms with Gasteiger partial charge in [-0.2, -0.15) is 0 Å². The number of hydrogen-bond donors (Lipinski definition) is 1. The molecule has 1 aromatic rings. The molecule has 0 heterocycles. The molecule has 0 aromatic heterocycles. The van der Waals surface area contributed by atoms with Gasteiger partial charge in [0.05, 0.1) is 5.69 Å². The molecular formula is C14H22BrClN2O. The molecule has 0 bridgehead atoms. The molecule has 1 aromatic carbocycles. The van der Waals surface area contributed by atoms with Gasteiger partial charge in [-0.25, -0.2) is 0 Å². The molecule has 0 saturated carbocycles.